The summed E-state index contributed by atoms with van der Waals surface area (Å²) in [4.78, 5) is 23.5. The number of imidazole rings is 1. The maximum Gasteiger partial charge on any atom is 0.254 e. The van der Waals surface area contributed by atoms with Crippen LogP contribution in [0.25, 0.3) is 11.0 Å². The van der Waals surface area contributed by atoms with Gasteiger partial charge in [0.25, 0.3) is 5.91 Å². The number of sulfonamides is 1. The van der Waals surface area contributed by atoms with Crippen molar-refractivity contribution in [3.63, 3.8) is 0 Å². The van der Waals surface area contributed by atoms with Crippen LogP contribution in [0, 0.1) is 0 Å². The fraction of sp³-hybridized carbons (Fsp3) is 0.440. The number of rotatable bonds is 5. The van der Waals surface area contributed by atoms with Crippen molar-refractivity contribution in [1.82, 2.24) is 19.2 Å². The number of hydrogen-bond acceptors (Lipinski definition) is 5. The number of hydrogen-bond donors (Lipinski definition) is 1. The van der Waals surface area contributed by atoms with Crippen LogP contribution in [-0.2, 0) is 10.0 Å². The number of carbonyl (C=O) groups is 1. The average molecular weight is 483 g/mol. The Hall–Kier alpha value is -2.91. The minimum atomic E-state index is -3.77. The van der Waals surface area contributed by atoms with Crippen molar-refractivity contribution in [2.24, 2.45) is 0 Å². The van der Waals surface area contributed by atoms with E-state index in [1.165, 1.54) is 17.5 Å². The van der Waals surface area contributed by atoms with Gasteiger partial charge in [-0.25, -0.2) is 13.4 Å². The van der Waals surface area contributed by atoms with Crippen molar-refractivity contribution in [3.8, 4) is 5.75 Å². The quantitative estimate of drug-likeness (QED) is 0.590. The Morgan fingerprint density at radius 3 is 2.53 bits per heavy atom. The van der Waals surface area contributed by atoms with Crippen LogP contribution in [0.15, 0.2) is 47.4 Å². The molecule has 2 aliphatic heterocycles. The Morgan fingerprint density at radius 1 is 1.03 bits per heavy atom. The number of likely N-dealkylation sites (tertiary alicyclic amines) is 1. The van der Waals surface area contributed by atoms with E-state index < -0.39 is 10.0 Å². The molecule has 34 heavy (non-hydrogen) atoms. The number of fused-ring (bicyclic) bond motifs is 1. The molecule has 2 aliphatic rings. The molecule has 3 aromatic rings. The summed E-state index contributed by atoms with van der Waals surface area (Å²) >= 11 is 0. The third kappa shape index (κ3) is 4.18. The molecule has 1 amide bonds. The molecule has 2 saturated heterocycles. The molecule has 0 saturated carbocycles. The zero-order chi connectivity index (χ0) is 23.7. The van der Waals surface area contributed by atoms with Crippen molar-refractivity contribution in [1.29, 1.82) is 0 Å². The fourth-order valence-electron chi connectivity index (χ4n) is 5.02. The SMILES string of the molecule is COc1ccc(C(=O)N2CCC[C@@H]2c2nc3ccccc3[nH]2)cc1S(=O)(=O)N1CCCCCC1. The molecule has 0 aliphatic carbocycles. The third-order valence-corrected chi connectivity index (χ3v) is 8.75. The van der Waals surface area contributed by atoms with Gasteiger partial charge in [-0.3, -0.25) is 4.79 Å². The van der Waals surface area contributed by atoms with Crippen molar-refractivity contribution >= 4 is 27.0 Å². The molecule has 0 bridgehead atoms. The first-order valence-corrected chi connectivity index (χ1v) is 13.4. The van der Waals surface area contributed by atoms with E-state index in [0.717, 1.165) is 55.4 Å². The van der Waals surface area contributed by atoms with E-state index in [-0.39, 0.29) is 22.6 Å². The Kier molecular flexibility index (Phi) is 6.31. The summed E-state index contributed by atoms with van der Waals surface area (Å²) in [5, 5.41) is 0. The number of carbonyl (C=O) groups excluding carboxylic acids is 1. The van der Waals surface area contributed by atoms with Crippen LogP contribution in [0.4, 0.5) is 0 Å². The molecular weight excluding hydrogens is 452 g/mol. The van der Waals surface area contributed by atoms with Crippen LogP contribution in [0.5, 0.6) is 5.75 Å². The monoisotopic (exact) mass is 482 g/mol. The van der Waals surface area contributed by atoms with Gasteiger partial charge >= 0.3 is 0 Å². The zero-order valence-electron chi connectivity index (χ0n) is 19.4. The first-order chi connectivity index (χ1) is 16.5. The lowest BCUT2D eigenvalue weighted by Gasteiger charge is -2.25. The van der Waals surface area contributed by atoms with E-state index in [9.17, 15) is 13.2 Å². The van der Waals surface area contributed by atoms with Gasteiger partial charge in [0, 0.05) is 25.2 Å². The zero-order valence-corrected chi connectivity index (χ0v) is 20.2. The second-order valence-corrected chi connectivity index (χ2v) is 10.9. The highest BCUT2D eigenvalue weighted by Crippen LogP contribution is 2.35. The third-order valence-electron chi connectivity index (χ3n) is 6.83. The minimum Gasteiger partial charge on any atom is -0.495 e. The molecule has 2 fully saturated rings. The number of aromatic nitrogens is 2. The maximum atomic E-state index is 13.6. The Balaban J connectivity index is 1.46. The van der Waals surface area contributed by atoms with Gasteiger partial charge in [-0.15, -0.1) is 0 Å². The second kappa shape index (κ2) is 9.38. The summed E-state index contributed by atoms with van der Waals surface area (Å²) in [7, 11) is -2.32. The molecule has 8 nitrogen and oxygen atoms in total. The summed E-state index contributed by atoms with van der Waals surface area (Å²) in [6.45, 7) is 1.58. The number of aromatic amines is 1. The van der Waals surface area contributed by atoms with Gasteiger partial charge < -0.3 is 14.6 Å². The molecule has 1 atom stereocenters. The summed E-state index contributed by atoms with van der Waals surface area (Å²) < 4.78 is 33.9. The highest BCUT2D eigenvalue weighted by atomic mass is 32.2. The summed E-state index contributed by atoms with van der Waals surface area (Å²) in [6, 6.07) is 12.3. The van der Waals surface area contributed by atoms with Gasteiger partial charge in [-0.1, -0.05) is 25.0 Å². The van der Waals surface area contributed by atoms with E-state index in [0.29, 0.717) is 25.2 Å². The second-order valence-electron chi connectivity index (χ2n) is 8.98. The molecule has 2 aromatic carbocycles. The standard InChI is InChI=1S/C25H30N4O4S/c1-33-22-13-12-18(17-23(22)34(31,32)28-14-6-2-3-7-15-28)25(30)29-16-8-11-21(29)24-26-19-9-4-5-10-20(19)27-24/h4-5,9-10,12-13,17,21H,2-3,6-8,11,14-16H2,1H3,(H,26,27)/t21-/m1/s1. The van der Waals surface area contributed by atoms with E-state index >= 15 is 0 Å². The molecule has 3 heterocycles. The first-order valence-electron chi connectivity index (χ1n) is 11.9. The van der Waals surface area contributed by atoms with Crippen LogP contribution >= 0.6 is 0 Å². The molecule has 0 spiro atoms. The van der Waals surface area contributed by atoms with E-state index in [1.54, 1.807) is 17.0 Å². The molecule has 9 heteroatoms. The molecule has 1 aromatic heterocycles. The largest absolute Gasteiger partial charge is 0.495 e. The fourth-order valence-corrected chi connectivity index (χ4v) is 6.72. The molecule has 1 N–H and O–H groups in total. The molecule has 180 valence electrons. The van der Waals surface area contributed by atoms with Gasteiger partial charge in [0.2, 0.25) is 10.0 Å². The van der Waals surface area contributed by atoms with Crippen molar-refractivity contribution in [2.45, 2.75) is 49.5 Å². The lowest BCUT2D eigenvalue weighted by molar-refractivity contribution is 0.0730. The molecule has 0 radical (unpaired) electrons. The Bertz CT molecular complexity index is 1260. The molecule has 0 unspecified atom stereocenters. The highest BCUT2D eigenvalue weighted by Gasteiger charge is 2.34. The van der Waals surface area contributed by atoms with Crippen molar-refractivity contribution in [3.05, 3.63) is 53.9 Å². The highest BCUT2D eigenvalue weighted by molar-refractivity contribution is 7.89. The molecule has 5 rings (SSSR count). The van der Waals surface area contributed by atoms with E-state index in [1.807, 2.05) is 24.3 Å². The predicted molar refractivity (Wildman–Crippen MR) is 129 cm³/mol. The summed E-state index contributed by atoms with van der Waals surface area (Å²) in [5.41, 5.74) is 2.15. The van der Waals surface area contributed by atoms with Crippen molar-refractivity contribution < 1.29 is 17.9 Å². The lowest BCUT2D eigenvalue weighted by atomic mass is 10.1. The molecular formula is C25H30N4O4S. The van der Waals surface area contributed by atoms with Gasteiger partial charge in [0.05, 0.1) is 24.2 Å². The van der Waals surface area contributed by atoms with Gasteiger partial charge in [-0.2, -0.15) is 4.31 Å². The Labute approximate surface area is 200 Å². The van der Waals surface area contributed by atoms with Crippen molar-refractivity contribution in [2.75, 3.05) is 26.7 Å². The average Bonchev–Trinajstić information content (AvgIpc) is 3.42. The normalized spacial score (nSPS) is 19.9. The number of nitrogens with zero attached hydrogens (tertiary/aromatic N) is 3. The van der Waals surface area contributed by atoms with Crippen LogP contribution in [0.1, 0.15) is 60.7 Å². The number of para-hydroxylation sites is 2. The number of methoxy groups -OCH3 is 1. The van der Waals surface area contributed by atoms with Gasteiger partial charge in [0.1, 0.15) is 16.5 Å². The van der Waals surface area contributed by atoms with Gasteiger partial charge in [-0.05, 0) is 56.0 Å². The van der Waals surface area contributed by atoms with Gasteiger partial charge in [0.15, 0.2) is 0 Å². The number of amides is 1. The van der Waals surface area contributed by atoms with Crippen LogP contribution in [0.3, 0.4) is 0 Å². The van der Waals surface area contributed by atoms with Crippen LogP contribution in [0.2, 0.25) is 0 Å². The topological polar surface area (TPSA) is 95.6 Å². The summed E-state index contributed by atoms with van der Waals surface area (Å²) in [5.74, 6) is 0.826. The first kappa shape index (κ1) is 22.9. The van der Waals surface area contributed by atoms with Crippen LogP contribution in [-0.4, -0.2) is 60.2 Å². The number of H-pyrrole nitrogens is 1. The lowest BCUT2D eigenvalue weighted by Crippen LogP contribution is -2.33. The summed E-state index contributed by atoms with van der Waals surface area (Å²) in [6.07, 6.45) is 5.41. The smallest absolute Gasteiger partial charge is 0.254 e. The number of ether oxygens (including phenoxy) is 1. The maximum absolute atomic E-state index is 13.6. The van der Waals surface area contributed by atoms with E-state index in [4.69, 9.17) is 9.72 Å². The van der Waals surface area contributed by atoms with Crippen LogP contribution < -0.4 is 4.74 Å². The Morgan fingerprint density at radius 2 is 1.79 bits per heavy atom. The predicted octanol–water partition coefficient (Wildman–Crippen LogP) is 4.11. The van der Waals surface area contributed by atoms with E-state index in [2.05, 4.69) is 4.98 Å². The number of benzene rings is 2. The minimum absolute atomic E-state index is 0.0576. The number of nitrogens with one attached hydrogen (secondary N) is 1.